The summed E-state index contributed by atoms with van der Waals surface area (Å²) in [5.41, 5.74) is -4.31. The highest BCUT2D eigenvalue weighted by Crippen LogP contribution is 2.39. The van der Waals surface area contributed by atoms with E-state index in [9.17, 15) is 23.1 Å². The number of ether oxygens (including phenoxy) is 1. The summed E-state index contributed by atoms with van der Waals surface area (Å²) < 4.78 is 42.2. The van der Waals surface area contributed by atoms with Crippen molar-refractivity contribution in [3.8, 4) is 0 Å². The third-order valence-electron chi connectivity index (χ3n) is 1.97. The molecule has 0 saturated heterocycles. The first kappa shape index (κ1) is 12.6. The van der Waals surface area contributed by atoms with E-state index in [0.717, 1.165) is 6.07 Å². The Bertz CT molecular complexity index is 361. The Morgan fingerprint density at radius 1 is 1.56 bits per heavy atom. The fourth-order valence-electron chi connectivity index (χ4n) is 1.17. The summed E-state index contributed by atoms with van der Waals surface area (Å²) in [5.74, 6) is -1.75. The van der Waals surface area contributed by atoms with Gasteiger partial charge in [0.2, 0.25) is 0 Å². The summed E-state index contributed by atoms with van der Waals surface area (Å²) in [6.45, 7) is 1.10. The van der Waals surface area contributed by atoms with Crippen LogP contribution in [0.1, 0.15) is 12.6 Å². The molecule has 1 atom stereocenters. The number of H-pyrrole nitrogens is 1. The first-order valence-electron chi connectivity index (χ1n) is 4.44. The van der Waals surface area contributed by atoms with Crippen LogP contribution in [0.4, 0.5) is 13.2 Å². The number of aromatic nitrogens is 1. The van der Waals surface area contributed by atoms with Crippen molar-refractivity contribution in [3.63, 3.8) is 0 Å². The van der Waals surface area contributed by atoms with Crippen molar-refractivity contribution in [3.05, 3.63) is 24.0 Å². The van der Waals surface area contributed by atoms with E-state index in [-0.39, 0.29) is 6.61 Å². The van der Waals surface area contributed by atoms with Crippen LogP contribution in [0.3, 0.4) is 0 Å². The lowest BCUT2D eigenvalue weighted by molar-refractivity contribution is -0.269. The minimum Gasteiger partial charge on any atom is -0.463 e. The molecule has 0 aliphatic heterocycles. The zero-order valence-corrected chi connectivity index (χ0v) is 8.34. The molecule has 0 spiro atoms. The van der Waals surface area contributed by atoms with Crippen molar-refractivity contribution >= 4 is 5.97 Å². The maximum atomic E-state index is 12.7. The van der Waals surface area contributed by atoms with Gasteiger partial charge in [0.25, 0.3) is 5.60 Å². The number of nitrogens with one attached hydrogen (secondary N) is 1. The largest absolute Gasteiger partial charge is 0.463 e. The van der Waals surface area contributed by atoms with Crippen molar-refractivity contribution in [2.45, 2.75) is 18.7 Å². The number of esters is 1. The summed E-state index contributed by atoms with van der Waals surface area (Å²) in [4.78, 5) is 13.4. The van der Waals surface area contributed by atoms with Crippen LogP contribution in [-0.4, -0.2) is 28.8 Å². The number of alkyl halides is 3. The van der Waals surface area contributed by atoms with Crippen LogP contribution < -0.4 is 0 Å². The van der Waals surface area contributed by atoms with Crippen LogP contribution in [-0.2, 0) is 15.1 Å². The van der Waals surface area contributed by atoms with Gasteiger partial charge in [-0.15, -0.1) is 0 Å². The second kappa shape index (κ2) is 4.17. The molecular weight excluding hydrogens is 227 g/mol. The molecule has 16 heavy (non-hydrogen) atoms. The van der Waals surface area contributed by atoms with Crippen molar-refractivity contribution < 1.29 is 27.8 Å². The van der Waals surface area contributed by atoms with E-state index < -0.39 is 23.4 Å². The fraction of sp³-hybridized carbons (Fsp3) is 0.444. The van der Waals surface area contributed by atoms with Gasteiger partial charge in [-0.05, 0) is 19.1 Å². The van der Waals surface area contributed by atoms with Crippen molar-refractivity contribution in [1.29, 1.82) is 0 Å². The Kier molecular flexibility index (Phi) is 3.27. The normalized spacial score (nSPS) is 15.6. The SMILES string of the molecule is CCOC(=O)[C@@](O)(c1ccc[nH]1)C(F)(F)F. The van der Waals surface area contributed by atoms with E-state index in [4.69, 9.17) is 0 Å². The molecule has 0 aliphatic carbocycles. The summed E-state index contributed by atoms with van der Waals surface area (Å²) in [5, 5.41) is 9.48. The molecule has 1 heterocycles. The highest BCUT2D eigenvalue weighted by atomic mass is 19.4. The molecule has 2 N–H and O–H groups in total. The fourth-order valence-corrected chi connectivity index (χ4v) is 1.17. The monoisotopic (exact) mass is 237 g/mol. The van der Waals surface area contributed by atoms with E-state index in [1.54, 1.807) is 0 Å². The third-order valence-corrected chi connectivity index (χ3v) is 1.97. The van der Waals surface area contributed by atoms with E-state index in [0.29, 0.717) is 0 Å². The van der Waals surface area contributed by atoms with Crippen LogP contribution in [0.2, 0.25) is 0 Å². The second-order valence-corrected chi connectivity index (χ2v) is 3.01. The molecule has 0 unspecified atom stereocenters. The van der Waals surface area contributed by atoms with Crippen LogP contribution in [0.25, 0.3) is 0 Å². The van der Waals surface area contributed by atoms with Gasteiger partial charge in [-0.25, -0.2) is 4.79 Å². The molecule has 0 bridgehead atoms. The summed E-state index contributed by atoms with van der Waals surface area (Å²) in [6, 6.07) is 2.20. The summed E-state index contributed by atoms with van der Waals surface area (Å²) in [7, 11) is 0. The van der Waals surface area contributed by atoms with Gasteiger partial charge in [0.05, 0.1) is 12.3 Å². The predicted molar refractivity (Wildman–Crippen MR) is 47.4 cm³/mol. The van der Waals surface area contributed by atoms with Crippen LogP contribution in [0, 0.1) is 0 Å². The van der Waals surface area contributed by atoms with Gasteiger partial charge in [0, 0.05) is 6.20 Å². The van der Waals surface area contributed by atoms with E-state index >= 15 is 0 Å². The van der Waals surface area contributed by atoms with Gasteiger partial charge >= 0.3 is 12.1 Å². The molecule has 1 rings (SSSR count). The molecule has 0 amide bonds. The maximum Gasteiger partial charge on any atom is 0.434 e. The molecule has 0 fully saturated rings. The van der Waals surface area contributed by atoms with Crippen LogP contribution in [0.15, 0.2) is 18.3 Å². The molecule has 0 aliphatic rings. The Morgan fingerprint density at radius 2 is 2.19 bits per heavy atom. The zero-order chi connectivity index (χ0) is 12.4. The van der Waals surface area contributed by atoms with Gasteiger partial charge in [-0.2, -0.15) is 13.2 Å². The second-order valence-electron chi connectivity index (χ2n) is 3.01. The lowest BCUT2D eigenvalue weighted by Gasteiger charge is -2.26. The Labute approximate surface area is 89.0 Å². The number of carbonyl (C=O) groups excluding carboxylic acids is 1. The van der Waals surface area contributed by atoms with Gasteiger partial charge < -0.3 is 14.8 Å². The molecule has 1 aromatic heterocycles. The number of halogens is 3. The van der Waals surface area contributed by atoms with Crippen molar-refractivity contribution in [2.75, 3.05) is 6.61 Å². The third kappa shape index (κ3) is 1.90. The zero-order valence-electron chi connectivity index (χ0n) is 8.34. The molecule has 0 radical (unpaired) electrons. The number of rotatable bonds is 3. The van der Waals surface area contributed by atoms with Crippen LogP contribution >= 0.6 is 0 Å². The van der Waals surface area contributed by atoms with Gasteiger partial charge in [-0.1, -0.05) is 0 Å². The number of carbonyl (C=O) groups is 1. The Morgan fingerprint density at radius 3 is 2.56 bits per heavy atom. The number of aromatic amines is 1. The van der Waals surface area contributed by atoms with Crippen molar-refractivity contribution in [2.24, 2.45) is 0 Å². The predicted octanol–water partition coefficient (Wildman–Crippen LogP) is 1.33. The molecular formula is C9H10F3NO3. The first-order valence-corrected chi connectivity index (χ1v) is 4.44. The minimum atomic E-state index is -5.15. The molecule has 0 aromatic carbocycles. The van der Waals surface area contributed by atoms with Gasteiger partial charge in [-0.3, -0.25) is 0 Å². The van der Waals surface area contributed by atoms with E-state index in [1.807, 2.05) is 0 Å². The standard InChI is InChI=1S/C9H10F3NO3/c1-2-16-7(14)8(15,9(10,11)12)6-4-3-5-13-6/h3-5,13,15H,2H2,1H3/t8-/m0/s1. The Hall–Kier alpha value is -1.50. The van der Waals surface area contributed by atoms with Gasteiger partial charge in [0.1, 0.15) is 0 Å². The van der Waals surface area contributed by atoms with E-state index in [1.165, 1.54) is 19.2 Å². The lowest BCUT2D eigenvalue weighted by Crippen LogP contribution is -2.50. The van der Waals surface area contributed by atoms with Crippen LogP contribution in [0.5, 0.6) is 0 Å². The minimum absolute atomic E-state index is 0.252. The number of hydrogen-bond donors (Lipinski definition) is 2. The number of aliphatic hydroxyl groups is 1. The maximum absolute atomic E-state index is 12.7. The highest BCUT2D eigenvalue weighted by Gasteiger charge is 2.63. The smallest absolute Gasteiger partial charge is 0.434 e. The number of hydrogen-bond acceptors (Lipinski definition) is 3. The molecule has 90 valence electrons. The first-order chi connectivity index (χ1) is 7.34. The Balaban J connectivity index is 3.19. The average molecular weight is 237 g/mol. The quantitative estimate of drug-likeness (QED) is 0.779. The molecule has 0 saturated carbocycles. The molecule has 4 nitrogen and oxygen atoms in total. The lowest BCUT2D eigenvalue weighted by atomic mass is 9.99. The molecule has 1 aromatic rings. The van der Waals surface area contributed by atoms with Crippen molar-refractivity contribution in [1.82, 2.24) is 4.98 Å². The van der Waals surface area contributed by atoms with E-state index in [2.05, 4.69) is 9.72 Å². The summed E-state index contributed by atoms with van der Waals surface area (Å²) in [6.07, 6.45) is -3.98. The van der Waals surface area contributed by atoms with Gasteiger partial charge in [0.15, 0.2) is 0 Å². The summed E-state index contributed by atoms with van der Waals surface area (Å²) >= 11 is 0. The average Bonchev–Trinajstić information content (AvgIpc) is 2.67. The highest BCUT2D eigenvalue weighted by molar-refractivity contribution is 5.81. The topological polar surface area (TPSA) is 62.3 Å². The molecule has 7 heteroatoms.